The average Bonchev–Trinajstić information content (AvgIpc) is 3.65. The summed E-state index contributed by atoms with van der Waals surface area (Å²) in [6.07, 6.45) is 6.52. The van der Waals surface area contributed by atoms with Crippen LogP contribution in [0, 0.1) is 5.92 Å². The molecule has 6 rings (SSSR count). The molecule has 0 aliphatic carbocycles. The number of aryl methyl sites for hydroxylation is 1. The Labute approximate surface area is 259 Å². The summed E-state index contributed by atoms with van der Waals surface area (Å²) in [7, 11) is -2.81. The van der Waals surface area contributed by atoms with Crippen LogP contribution in [0.25, 0.3) is 0 Å². The minimum absolute atomic E-state index is 0.0829. The number of carbonyl (C=O) groups is 2. The van der Waals surface area contributed by atoms with Gasteiger partial charge in [-0.2, -0.15) is 0 Å². The van der Waals surface area contributed by atoms with E-state index in [9.17, 15) is 19.5 Å². The standard InChI is InChI=1S/C33H43N5O5Si/c1-22-31(44(2,3)42)29(16-18-37-20-28(35-36-37)25(21-39)23-11-7-6-8-12-23)43-33(22)26-19-24(14-15-27(26)34-32(33)41)38-17-10-5-4-9-13-30(38)40/h6-8,11-12,14-15,19-20,22,25,29,31,39,42H,4-5,9-10,13,16-18,21H2,1-3H3,(H,34,41)/t22-,25?,29+,31-,33+/m1/s1. The van der Waals surface area contributed by atoms with Crippen molar-refractivity contribution in [3.05, 3.63) is 71.5 Å². The molecule has 3 aliphatic rings. The van der Waals surface area contributed by atoms with Gasteiger partial charge in [0.25, 0.3) is 5.91 Å². The summed E-state index contributed by atoms with van der Waals surface area (Å²) in [5.41, 5.74) is 2.39. The molecule has 2 saturated heterocycles. The molecule has 1 unspecified atom stereocenters. The van der Waals surface area contributed by atoms with E-state index >= 15 is 0 Å². The van der Waals surface area contributed by atoms with Crippen LogP contribution in [0.4, 0.5) is 11.4 Å². The molecule has 0 saturated carbocycles. The first-order valence-corrected chi connectivity index (χ1v) is 18.9. The molecule has 234 valence electrons. The highest BCUT2D eigenvalue weighted by Gasteiger charge is 2.64. The minimum Gasteiger partial charge on any atom is -0.432 e. The predicted molar refractivity (Wildman–Crippen MR) is 170 cm³/mol. The normalized spacial score (nSPS) is 26.4. The topological polar surface area (TPSA) is 130 Å². The second-order valence-electron chi connectivity index (χ2n) is 13.1. The van der Waals surface area contributed by atoms with E-state index in [-0.39, 0.29) is 35.8 Å². The Bertz CT molecular complexity index is 1510. The number of aliphatic hydroxyl groups excluding tert-OH is 1. The van der Waals surface area contributed by atoms with E-state index in [1.807, 2.05) is 79.6 Å². The van der Waals surface area contributed by atoms with Gasteiger partial charge in [-0.1, -0.05) is 55.3 Å². The van der Waals surface area contributed by atoms with Crippen molar-refractivity contribution in [1.29, 1.82) is 0 Å². The lowest BCUT2D eigenvalue weighted by atomic mass is 9.82. The van der Waals surface area contributed by atoms with Crippen LogP contribution in [0.5, 0.6) is 0 Å². The van der Waals surface area contributed by atoms with Crippen LogP contribution in [0.15, 0.2) is 54.7 Å². The summed E-state index contributed by atoms with van der Waals surface area (Å²) in [4.78, 5) is 40.3. The first kappa shape index (κ1) is 30.6. The van der Waals surface area contributed by atoms with E-state index in [1.54, 1.807) is 4.68 Å². The van der Waals surface area contributed by atoms with E-state index in [0.29, 0.717) is 37.3 Å². The third kappa shape index (κ3) is 5.51. The smallest absolute Gasteiger partial charge is 0.261 e. The highest BCUT2D eigenvalue weighted by atomic mass is 28.4. The highest BCUT2D eigenvalue weighted by molar-refractivity contribution is 6.71. The van der Waals surface area contributed by atoms with Crippen LogP contribution in [0.2, 0.25) is 18.6 Å². The number of hydrogen-bond donors (Lipinski definition) is 3. The lowest BCUT2D eigenvalue weighted by Gasteiger charge is -2.32. The van der Waals surface area contributed by atoms with Crippen molar-refractivity contribution < 1.29 is 24.2 Å². The number of aliphatic hydroxyl groups is 1. The molecule has 0 radical (unpaired) electrons. The number of rotatable bonds is 8. The number of fused-ring (bicyclic) bond motifs is 2. The molecule has 10 nitrogen and oxygen atoms in total. The van der Waals surface area contributed by atoms with Gasteiger partial charge in [0.05, 0.1) is 24.3 Å². The van der Waals surface area contributed by atoms with Crippen molar-refractivity contribution >= 4 is 31.5 Å². The maximum atomic E-state index is 13.8. The van der Waals surface area contributed by atoms with Crippen LogP contribution < -0.4 is 10.2 Å². The van der Waals surface area contributed by atoms with Gasteiger partial charge in [-0.25, -0.2) is 0 Å². The number of benzene rings is 2. The molecule has 1 spiro atoms. The van der Waals surface area contributed by atoms with Gasteiger partial charge in [0.2, 0.25) is 5.91 Å². The minimum atomic E-state index is -2.81. The monoisotopic (exact) mass is 617 g/mol. The summed E-state index contributed by atoms with van der Waals surface area (Å²) >= 11 is 0. The molecule has 2 fully saturated rings. The number of hydrogen-bond acceptors (Lipinski definition) is 7. The SMILES string of the molecule is C[C@@H]1[C@@H]([Si](C)(C)O)[C@H](CCn2cc(C(CO)c3ccccc3)nn2)O[C@@]12C(=O)Nc1ccc(N3CCCCCCC3=O)cc12. The van der Waals surface area contributed by atoms with Crippen molar-refractivity contribution in [2.45, 2.75) is 88.3 Å². The van der Waals surface area contributed by atoms with E-state index in [4.69, 9.17) is 4.74 Å². The van der Waals surface area contributed by atoms with Crippen molar-refractivity contribution in [3.8, 4) is 0 Å². The number of aromatic nitrogens is 3. The summed E-state index contributed by atoms with van der Waals surface area (Å²) in [6, 6.07) is 15.5. The molecule has 3 N–H and O–H groups in total. The Balaban J connectivity index is 1.27. The second kappa shape index (κ2) is 12.2. The van der Waals surface area contributed by atoms with E-state index in [2.05, 4.69) is 15.6 Å². The van der Waals surface area contributed by atoms with Gasteiger partial charge in [-0.15, -0.1) is 5.10 Å². The quantitative estimate of drug-likeness (QED) is 0.317. The fraction of sp³-hybridized carbons (Fsp3) is 0.515. The van der Waals surface area contributed by atoms with Crippen molar-refractivity contribution in [3.63, 3.8) is 0 Å². The molecule has 3 aromatic rings. The Hall–Kier alpha value is -3.38. The Morgan fingerprint density at radius 1 is 1.11 bits per heavy atom. The number of anilines is 2. The van der Waals surface area contributed by atoms with Gasteiger partial charge < -0.3 is 24.9 Å². The van der Waals surface area contributed by atoms with E-state index in [1.165, 1.54) is 0 Å². The Kier molecular flexibility index (Phi) is 8.49. The molecule has 5 atom stereocenters. The zero-order valence-electron chi connectivity index (χ0n) is 25.8. The van der Waals surface area contributed by atoms with Gasteiger partial charge >= 0.3 is 0 Å². The number of nitrogens with zero attached hydrogens (tertiary/aromatic N) is 4. The zero-order chi connectivity index (χ0) is 31.1. The van der Waals surface area contributed by atoms with E-state index < -0.39 is 20.0 Å². The Morgan fingerprint density at radius 3 is 2.64 bits per heavy atom. The highest BCUT2D eigenvalue weighted by Crippen LogP contribution is 2.58. The van der Waals surface area contributed by atoms with Crippen molar-refractivity contribution in [2.75, 3.05) is 23.4 Å². The zero-order valence-corrected chi connectivity index (χ0v) is 26.8. The van der Waals surface area contributed by atoms with Crippen LogP contribution >= 0.6 is 0 Å². The van der Waals surface area contributed by atoms with Gasteiger partial charge in [-0.05, 0) is 56.1 Å². The second-order valence-corrected chi connectivity index (χ2v) is 17.1. The van der Waals surface area contributed by atoms with Crippen LogP contribution in [0.1, 0.15) is 68.2 Å². The summed E-state index contributed by atoms with van der Waals surface area (Å²) in [5.74, 6) is -0.680. The predicted octanol–water partition coefficient (Wildman–Crippen LogP) is 4.54. The van der Waals surface area contributed by atoms with Crippen LogP contribution in [-0.4, -0.2) is 64.3 Å². The third-order valence-corrected chi connectivity index (χ3v) is 12.3. The molecule has 3 aliphatic heterocycles. The van der Waals surface area contributed by atoms with Gasteiger partial charge in [0.1, 0.15) is 0 Å². The Morgan fingerprint density at radius 2 is 1.89 bits per heavy atom. The molecular weight excluding hydrogens is 574 g/mol. The lowest BCUT2D eigenvalue weighted by molar-refractivity contribution is -0.143. The fourth-order valence-corrected chi connectivity index (χ4v) is 10.3. The number of carbonyl (C=O) groups excluding carboxylic acids is 2. The van der Waals surface area contributed by atoms with Crippen molar-refractivity contribution in [1.82, 2.24) is 15.0 Å². The first-order valence-electron chi connectivity index (χ1n) is 15.9. The molecule has 2 aromatic carbocycles. The number of ether oxygens (including phenoxy) is 1. The van der Waals surface area contributed by atoms with Gasteiger partial charge in [-0.3, -0.25) is 14.3 Å². The first-order chi connectivity index (χ1) is 21.1. The summed E-state index contributed by atoms with van der Waals surface area (Å²) in [5, 5.41) is 21.8. The molecule has 1 aromatic heterocycles. The van der Waals surface area contributed by atoms with Crippen molar-refractivity contribution in [2.24, 2.45) is 5.92 Å². The lowest BCUT2D eigenvalue weighted by Crippen LogP contribution is -2.43. The van der Waals surface area contributed by atoms with Gasteiger partial charge in [0.15, 0.2) is 13.9 Å². The maximum absolute atomic E-state index is 13.8. The van der Waals surface area contributed by atoms with Gasteiger partial charge in [0, 0.05) is 54.1 Å². The average molecular weight is 618 g/mol. The van der Waals surface area contributed by atoms with E-state index in [0.717, 1.165) is 42.5 Å². The molecular formula is C33H43N5O5Si. The van der Waals surface area contributed by atoms with Crippen LogP contribution in [-0.2, 0) is 26.5 Å². The summed E-state index contributed by atoms with van der Waals surface area (Å²) < 4.78 is 8.59. The summed E-state index contributed by atoms with van der Waals surface area (Å²) in [6.45, 7) is 6.88. The molecule has 4 heterocycles. The molecule has 0 bridgehead atoms. The molecule has 44 heavy (non-hydrogen) atoms. The fourth-order valence-electron chi connectivity index (χ4n) is 7.65. The third-order valence-electron chi connectivity index (χ3n) is 9.80. The number of nitrogens with one attached hydrogen (secondary N) is 1. The number of amides is 2. The molecule has 11 heteroatoms. The molecule has 2 amide bonds. The maximum Gasteiger partial charge on any atom is 0.261 e. The van der Waals surface area contributed by atoms with Crippen LogP contribution in [0.3, 0.4) is 0 Å². The largest absolute Gasteiger partial charge is 0.432 e.